The molecule has 4 rings (SSSR count). The summed E-state index contributed by atoms with van der Waals surface area (Å²) in [7, 11) is 0. The molecule has 132 valence electrons. The number of amides is 1. The number of hydrogen-bond donors (Lipinski definition) is 1. The second kappa shape index (κ2) is 7.04. The van der Waals surface area contributed by atoms with Gasteiger partial charge in [0.15, 0.2) is 0 Å². The van der Waals surface area contributed by atoms with Gasteiger partial charge in [0.1, 0.15) is 5.75 Å². The second-order valence-corrected chi connectivity index (χ2v) is 6.52. The normalized spacial score (nSPS) is 17.0. The lowest BCUT2D eigenvalue weighted by Crippen LogP contribution is -2.34. The summed E-state index contributed by atoms with van der Waals surface area (Å²) in [5, 5.41) is 3.16. The number of carbonyl (C=O) groups excluding carboxylic acids is 1. The van der Waals surface area contributed by atoms with E-state index in [1.54, 1.807) is 12.5 Å². The Morgan fingerprint density at radius 3 is 3.00 bits per heavy atom. The zero-order valence-corrected chi connectivity index (χ0v) is 14.6. The molecule has 2 aromatic carbocycles. The van der Waals surface area contributed by atoms with Crippen LogP contribution in [0.4, 0.5) is 0 Å². The molecule has 1 aliphatic heterocycles. The minimum atomic E-state index is -0.167. The zero-order chi connectivity index (χ0) is 17.9. The summed E-state index contributed by atoms with van der Waals surface area (Å²) >= 11 is 0. The number of hydrogen-bond acceptors (Lipinski definition) is 3. The van der Waals surface area contributed by atoms with Gasteiger partial charge in [-0.05, 0) is 37.1 Å². The molecule has 0 unspecified atom stereocenters. The Bertz CT molecular complexity index is 905. The van der Waals surface area contributed by atoms with E-state index in [9.17, 15) is 4.79 Å². The number of imidazole rings is 1. The lowest BCUT2D eigenvalue weighted by atomic mass is 9.92. The third-order valence-electron chi connectivity index (χ3n) is 4.81. The first-order chi connectivity index (χ1) is 12.7. The smallest absolute Gasteiger partial charge is 0.228 e. The molecule has 0 saturated carbocycles. The van der Waals surface area contributed by atoms with Gasteiger partial charge in [0.2, 0.25) is 5.91 Å². The van der Waals surface area contributed by atoms with Crippen molar-refractivity contribution in [2.24, 2.45) is 0 Å². The molecule has 1 amide bonds. The van der Waals surface area contributed by atoms with Crippen LogP contribution in [0.15, 0.2) is 67.3 Å². The summed E-state index contributed by atoms with van der Waals surface area (Å²) in [6, 6.07) is 15.8. The van der Waals surface area contributed by atoms with E-state index in [0.717, 1.165) is 22.6 Å². The van der Waals surface area contributed by atoms with Gasteiger partial charge in [0.05, 0.1) is 24.9 Å². The van der Waals surface area contributed by atoms with Crippen LogP contribution in [-0.2, 0) is 4.79 Å². The highest BCUT2D eigenvalue weighted by molar-refractivity contribution is 5.85. The van der Waals surface area contributed by atoms with Gasteiger partial charge in [0, 0.05) is 23.6 Å². The summed E-state index contributed by atoms with van der Waals surface area (Å²) in [6.45, 7) is 2.58. The Labute approximate surface area is 152 Å². The molecule has 0 bridgehead atoms. The lowest BCUT2D eigenvalue weighted by Gasteiger charge is -2.26. The number of rotatable bonds is 4. The molecule has 2 atom stereocenters. The molecule has 1 aliphatic rings. The van der Waals surface area contributed by atoms with Gasteiger partial charge in [0.25, 0.3) is 0 Å². The number of carbonyl (C=O) groups is 1. The molecular weight excluding hydrogens is 326 g/mol. The van der Waals surface area contributed by atoms with Gasteiger partial charge in [-0.25, -0.2) is 4.98 Å². The first-order valence-corrected chi connectivity index (χ1v) is 8.83. The van der Waals surface area contributed by atoms with Gasteiger partial charge in [-0.3, -0.25) is 4.79 Å². The van der Waals surface area contributed by atoms with Crippen molar-refractivity contribution in [1.29, 1.82) is 0 Å². The van der Waals surface area contributed by atoms with E-state index in [1.807, 2.05) is 60.2 Å². The Morgan fingerprint density at radius 2 is 2.15 bits per heavy atom. The Hall–Kier alpha value is -3.08. The molecule has 5 nitrogen and oxygen atoms in total. The molecule has 1 N–H and O–H groups in total. The standard InChI is InChI=1S/C21H21N3O2/c1-15(16-5-4-6-17(13-16)24-11-10-22-14-24)23-21(25)19-9-12-26-20-8-3-2-7-18(19)20/h2-8,10-11,13-15,19H,9,12H2,1H3,(H,23,25)/t15-,19+/m1/s1. The van der Waals surface area contributed by atoms with E-state index in [0.29, 0.717) is 13.0 Å². The molecule has 26 heavy (non-hydrogen) atoms. The predicted octanol–water partition coefficient (Wildman–Crippen LogP) is 3.62. The fraction of sp³-hybridized carbons (Fsp3) is 0.238. The second-order valence-electron chi connectivity index (χ2n) is 6.52. The van der Waals surface area contributed by atoms with Crippen molar-refractivity contribution >= 4 is 5.91 Å². The number of aromatic nitrogens is 2. The van der Waals surface area contributed by atoms with E-state index in [1.165, 1.54) is 0 Å². The van der Waals surface area contributed by atoms with Crippen LogP contribution in [-0.4, -0.2) is 22.1 Å². The highest BCUT2D eigenvalue weighted by Crippen LogP contribution is 2.33. The van der Waals surface area contributed by atoms with E-state index >= 15 is 0 Å². The maximum absolute atomic E-state index is 12.9. The van der Waals surface area contributed by atoms with E-state index in [2.05, 4.69) is 16.4 Å². The zero-order valence-electron chi connectivity index (χ0n) is 14.6. The van der Waals surface area contributed by atoms with E-state index in [-0.39, 0.29) is 17.9 Å². The number of nitrogens with one attached hydrogen (secondary N) is 1. The molecule has 0 spiro atoms. The summed E-state index contributed by atoms with van der Waals surface area (Å²) in [5.74, 6) is 0.689. The van der Waals surface area contributed by atoms with E-state index in [4.69, 9.17) is 4.74 Å². The molecule has 0 aliphatic carbocycles. The van der Waals surface area contributed by atoms with Gasteiger partial charge in [-0.2, -0.15) is 0 Å². The van der Waals surface area contributed by atoms with Crippen molar-refractivity contribution in [2.45, 2.75) is 25.3 Å². The first kappa shape index (κ1) is 16.4. The quantitative estimate of drug-likeness (QED) is 0.784. The molecule has 5 heteroatoms. The van der Waals surface area contributed by atoms with Crippen LogP contribution >= 0.6 is 0 Å². The average molecular weight is 347 g/mol. The largest absolute Gasteiger partial charge is 0.493 e. The molecule has 0 fully saturated rings. The third kappa shape index (κ3) is 3.20. The summed E-state index contributed by atoms with van der Waals surface area (Å²) in [6.07, 6.45) is 6.12. The Morgan fingerprint density at radius 1 is 1.27 bits per heavy atom. The molecule has 0 radical (unpaired) electrons. The third-order valence-corrected chi connectivity index (χ3v) is 4.81. The monoisotopic (exact) mass is 347 g/mol. The van der Waals surface area contributed by atoms with Gasteiger partial charge >= 0.3 is 0 Å². The number of benzene rings is 2. The minimum absolute atomic E-state index is 0.0429. The van der Waals surface area contributed by atoms with Crippen LogP contribution in [0.25, 0.3) is 5.69 Å². The van der Waals surface area contributed by atoms with Crippen LogP contribution in [0.5, 0.6) is 5.75 Å². The highest BCUT2D eigenvalue weighted by Gasteiger charge is 2.28. The van der Waals surface area contributed by atoms with Crippen molar-refractivity contribution in [1.82, 2.24) is 14.9 Å². The van der Waals surface area contributed by atoms with Crippen molar-refractivity contribution in [2.75, 3.05) is 6.61 Å². The maximum Gasteiger partial charge on any atom is 0.228 e. The number of para-hydroxylation sites is 1. The molecule has 0 saturated heterocycles. The minimum Gasteiger partial charge on any atom is -0.493 e. The highest BCUT2D eigenvalue weighted by atomic mass is 16.5. The molecule has 2 heterocycles. The fourth-order valence-electron chi connectivity index (χ4n) is 3.38. The van der Waals surface area contributed by atoms with Gasteiger partial charge in [-0.15, -0.1) is 0 Å². The summed E-state index contributed by atoms with van der Waals surface area (Å²) in [4.78, 5) is 17.0. The molecule has 1 aromatic heterocycles. The SMILES string of the molecule is C[C@@H](NC(=O)[C@H]1CCOc2ccccc21)c1cccc(-n2ccnc2)c1. The van der Waals surface area contributed by atoms with Crippen LogP contribution in [0.3, 0.4) is 0 Å². The molecular formula is C21H21N3O2. The fourth-order valence-corrected chi connectivity index (χ4v) is 3.38. The Balaban J connectivity index is 1.51. The Kier molecular flexibility index (Phi) is 4.44. The number of ether oxygens (including phenoxy) is 1. The summed E-state index contributed by atoms with van der Waals surface area (Å²) < 4.78 is 7.61. The summed E-state index contributed by atoms with van der Waals surface area (Å²) in [5.41, 5.74) is 3.05. The number of nitrogens with zero attached hydrogens (tertiary/aromatic N) is 2. The van der Waals surface area contributed by atoms with Crippen molar-refractivity contribution < 1.29 is 9.53 Å². The van der Waals surface area contributed by atoms with Gasteiger partial charge < -0.3 is 14.6 Å². The maximum atomic E-state index is 12.9. The van der Waals surface area contributed by atoms with E-state index < -0.39 is 0 Å². The van der Waals surface area contributed by atoms with Gasteiger partial charge in [-0.1, -0.05) is 30.3 Å². The average Bonchev–Trinajstić information content (AvgIpc) is 3.22. The van der Waals surface area contributed by atoms with Crippen molar-refractivity contribution in [3.05, 3.63) is 78.4 Å². The number of fused-ring (bicyclic) bond motifs is 1. The van der Waals surface area contributed by atoms with Crippen LogP contribution in [0.2, 0.25) is 0 Å². The molecule has 3 aromatic rings. The van der Waals surface area contributed by atoms with Crippen LogP contribution in [0.1, 0.15) is 36.4 Å². The van der Waals surface area contributed by atoms with Crippen LogP contribution in [0, 0.1) is 0 Å². The van der Waals surface area contributed by atoms with Crippen LogP contribution < -0.4 is 10.1 Å². The lowest BCUT2D eigenvalue weighted by molar-refractivity contribution is -0.123. The first-order valence-electron chi connectivity index (χ1n) is 8.83. The van der Waals surface area contributed by atoms with Crippen molar-refractivity contribution in [3.63, 3.8) is 0 Å². The topological polar surface area (TPSA) is 56.1 Å². The van der Waals surface area contributed by atoms with Crippen molar-refractivity contribution in [3.8, 4) is 11.4 Å². The predicted molar refractivity (Wildman–Crippen MR) is 99.4 cm³/mol.